The van der Waals surface area contributed by atoms with Crippen LogP contribution in [0.5, 0.6) is 0 Å². The average molecular weight is 346 g/mol. The molecule has 2 aromatic rings. The molecule has 0 fully saturated rings. The summed E-state index contributed by atoms with van der Waals surface area (Å²) in [6, 6.07) is 7.30. The van der Waals surface area contributed by atoms with Crippen LogP contribution in [-0.2, 0) is 4.79 Å². The van der Waals surface area contributed by atoms with Crippen LogP contribution in [0.2, 0.25) is 0 Å². The third-order valence-electron chi connectivity index (χ3n) is 4.28. The molecule has 1 aromatic heterocycles. The number of carboxylic acids is 1. The molecule has 134 valence electrons. The maximum atomic E-state index is 13.0. The van der Waals surface area contributed by atoms with Gasteiger partial charge in [-0.1, -0.05) is 12.1 Å². The second-order valence-corrected chi connectivity index (χ2v) is 6.40. The van der Waals surface area contributed by atoms with Gasteiger partial charge in [0, 0.05) is 24.0 Å². The zero-order valence-corrected chi connectivity index (χ0v) is 14.8. The quantitative estimate of drug-likeness (QED) is 0.842. The fourth-order valence-electron chi connectivity index (χ4n) is 3.13. The van der Waals surface area contributed by atoms with Crippen LogP contribution in [0.1, 0.15) is 53.1 Å². The Morgan fingerprint density at radius 1 is 1.20 bits per heavy atom. The molecule has 25 heavy (non-hydrogen) atoms. The zero-order valence-electron chi connectivity index (χ0n) is 14.8. The summed E-state index contributed by atoms with van der Waals surface area (Å²) >= 11 is 0. The molecule has 1 amide bonds. The Bertz CT molecular complexity index is 779. The van der Waals surface area contributed by atoms with Crippen molar-refractivity contribution in [2.75, 3.05) is 6.54 Å². The molecular formula is C19H23FN2O3. The fraction of sp³-hybridized carbons (Fsp3) is 0.368. The molecule has 1 aromatic carbocycles. The summed E-state index contributed by atoms with van der Waals surface area (Å²) in [5.41, 5.74) is 2.81. The van der Waals surface area contributed by atoms with E-state index in [1.54, 1.807) is 6.07 Å². The lowest BCUT2D eigenvalue weighted by Crippen LogP contribution is -2.32. The number of nitrogens with one attached hydrogen (secondary N) is 1. The van der Waals surface area contributed by atoms with E-state index in [-0.39, 0.29) is 18.5 Å². The summed E-state index contributed by atoms with van der Waals surface area (Å²) in [5.74, 6) is -2.75. The van der Waals surface area contributed by atoms with Crippen LogP contribution in [0.4, 0.5) is 4.39 Å². The van der Waals surface area contributed by atoms with Gasteiger partial charge in [0.05, 0.1) is 11.5 Å². The Kier molecular flexibility index (Phi) is 5.62. The van der Waals surface area contributed by atoms with Gasteiger partial charge in [0.2, 0.25) is 0 Å². The molecule has 5 nitrogen and oxygen atoms in total. The van der Waals surface area contributed by atoms with Crippen LogP contribution in [0.15, 0.2) is 30.3 Å². The smallest absolute Gasteiger partial charge is 0.312 e. The van der Waals surface area contributed by atoms with Gasteiger partial charge in [-0.3, -0.25) is 9.59 Å². The normalized spacial score (nSPS) is 12.2. The summed E-state index contributed by atoms with van der Waals surface area (Å²) in [6.07, 6.45) is 0. The minimum absolute atomic E-state index is 0.0643. The number of carbonyl (C=O) groups is 2. The lowest BCUT2D eigenvalue weighted by molar-refractivity contribution is -0.138. The van der Waals surface area contributed by atoms with Gasteiger partial charge in [-0.15, -0.1) is 0 Å². The molecular weight excluding hydrogens is 323 g/mol. The van der Waals surface area contributed by atoms with Gasteiger partial charge in [0.15, 0.2) is 0 Å². The number of carbonyl (C=O) groups excluding carboxylic acids is 1. The van der Waals surface area contributed by atoms with Gasteiger partial charge < -0.3 is 15.0 Å². The number of aromatic nitrogens is 1. The highest BCUT2D eigenvalue weighted by atomic mass is 19.1. The molecule has 6 heteroatoms. The summed E-state index contributed by atoms with van der Waals surface area (Å²) < 4.78 is 15.1. The molecule has 0 bridgehead atoms. The molecule has 1 unspecified atom stereocenters. The third kappa shape index (κ3) is 4.07. The van der Waals surface area contributed by atoms with E-state index in [9.17, 15) is 19.1 Å². The van der Waals surface area contributed by atoms with Gasteiger partial charge >= 0.3 is 5.97 Å². The number of rotatable bonds is 6. The second kappa shape index (κ2) is 7.51. The highest BCUT2D eigenvalue weighted by molar-refractivity contribution is 5.96. The van der Waals surface area contributed by atoms with E-state index in [2.05, 4.69) is 9.88 Å². The number of benzene rings is 1. The fourth-order valence-corrected chi connectivity index (χ4v) is 3.13. The Labute approximate surface area is 146 Å². The molecule has 0 aliphatic rings. The Morgan fingerprint density at radius 2 is 1.80 bits per heavy atom. The number of halogens is 1. The number of nitrogens with zero attached hydrogens (tertiary/aromatic N) is 1. The van der Waals surface area contributed by atoms with Gasteiger partial charge in [-0.2, -0.15) is 0 Å². The van der Waals surface area contributed by atoms with Crippen molar-refractivity contribution in [2.24, 2.45) is 0 Å². The number of carboxylic acid groups (broad SMARTS) is 1. The number of aryl methyl sites for hydroxylation is 1. The lowest BCUT2D eigenvalue weighted by Gasteiger charge is -2.15. The predicted molar refractivity (Wildman–Crippen MR) is 93.4 cm³/mol. The second-order valence-electron chi connectivity index (χ2n) is 6.40. The van der Waals surface area contributed by atoms with Crippen molar-refractivity contribution in [3.05, 3.63) is 58.7 Å². The van der Waals surface area contributed by atoms with Crippen molar-refractivity contribution in [2.45, 2.75) is 39.7 Å². The summed E-state index contributed by atoms with van der Waals surface area (Å²) in [4.78, 5) is 24.0. The minimum Gasteiger partial charge on any atom is -0.481 e. The molecule has 2 rings (SSSR count). The Morgan fingerprint density at radius 3 is 2.28 bits per heavy atom. The lowest BCUT2D eigenvalue weighted by atomic mass is 9.99. The van der Waals surface area contributed by atoms with Crippen molar-refractivity contribution in [3.8, 4) is 0 Å². The maximum absolute atomic E-state index is 13.0. The molecule has 0 aliphatic heterocycles. The van der Waals surface area contributed by atoms with Crippen molar-refractivity contribution in [1.82, 2.24) is 9.88 Å². The SMILES string of the molecule is Cc1cc(C(=O)NCC(C(=O)O)c2ccc(F)cc2)c(C)n1C(C)C. The maximum Gasteiger partial charge on any atom is 0.312 e. The van der Waals surface area contributed by atoms with E-state index in [4.69, 9.17) is 0 Å². The van der Waals surface area contributed by atoms with Crippen molar-refractivity contribution in [3.63, 3.8) is 0 Å². The van der Waals surface area contributed by atoms with Crippen LogP contribution in [-0.4, -0.2) is 28.1 Å². The van der Waals surface area contributed by atoms with Crippen LogP contribution >= 0.6 is 0 Å². The summed E-state index contributed by atoms with van der Waals surface area (Å²) in [6.45, 7) is 7.82. The first-order chi connectivity index (χ1) is 11.7. The van der Waals surface area contributed by atoms with Crippen LogP contribution in [0.3, 0.4) is 0 Å². The van der Waals surface area contributed by atoms with E-state index in [1.807, 2.05) is 27.7 Å². The molecule has 1 atom stereocenters. The number of amides is 1. The van der Waals surface area contributed by atoms with Gasteiger partial charge in [-0.05, 0) is 51.5 Å². The molecule has 0 aliphatic carbocycles. The van der Waals surface area contributed by atoms with E-state index in [1.165, 1.54) is 24.3 Å². The van der Waals surface area contributed by atoms with Gasteiger partial charge in [0.25, 0.3) is 5.91 Å². The standard InChI is InChI=1S/C19H23FN2O3/c1-11(2)22-12(3)9-16(13(22)4)18(23)21-10-17(19(24)25)14-5-7-15(20)8-6-14/h5-9,11,17H,10H2,1-4H3,(H,21,23)(H,24,25). The molecule has 0 saturated carbocycles. The highest BCUT2D eigenvalue weighted by Gasteiger charge is 2.23. The van der Waals surface area contributed by atoms with E-state index in [0.29, 0.717) is 11.1 Å². The van der Waals surface area contributed by atoms with Crippen LogP contribution < -0.4 is 5.32 Å². The molecule has 0 radical (unpaired) electrons. The Balaban J connectivity index is 2.16. The third-order valence-corrected chi connectivity index (χ3v) is 4.28. The number of aliphatic carboxylic acids is 1. The number of hydrogen-bond donors (Lipinski definition) is 2. The number of hydrogen-bond acceptors (Lipinski definition) is 2. The first-order valence-electron chi connectivity index (χ1n) is 8.17. The van der Waals surface area contributed by atoms with Crippen molar-refractivity contribution in [1.29, 1.82) is 0 Å². The van der Waals surface area contributed by atoms with Crippen molar-refractivity contribution < 1.29 is 19.1 Å². The predicted octanol–water partition coefficient (Wildman–Crippen LogP) is 3.42. The van der Waals surface area contributed by atoms with E-state index < -0.39 is 17.7 Å². The first kappa shape index (κ1) is 18.7. The Hall–Kier alpha value is -2.63. The largest absolute Gasteiger partial charge is 0.481 e. The first-order valence-corrected chi connectivity index (χ1v) is 8.17. The molecule has 1 heterocycles. The van der Waals surface area contributed by atoms with E-state index in [0.717, 1.165) is 11.4 Å². The summed E-state index contributed by atoms with van der Waals surface area (Å²) in [5, 5.41) is 12.1. The van der Waals surface area contributed by atoms with Crippen molar-refractivity contribution >= 4 is 11.9 Å². The minimum atomic E-state index is -1.07. The van der Waals surface area contributed by atoms with Gasteiger partial charge in [-0.25, -0.2) is 4.39 Å². The highest BCUT2D eigenvalue weighted by Crippen LogP contribution is 2.21. The molecule has 2 N–H and O–H groups in total. The zero-order chi connectivity index (χ0) is 18.7. The van der Waals surface area contributed by atoms with Crippen LogP contribution in [0, 0.1) is 19.7 Å². The van der Waals surface area contributed by atoms with Gasteiger partial charge in [0.1, 0.15) is 5.82 Å². The summed E-state index contributed by atoms with van der Waals surface area (Å²) in [7, 11) is 0. The topological polar surface area (TPSA) is 71.3 Å². The molecule has 0 saturated heterocycles. The monoisotopic (exact) mass is 346 g/mol. The average Bonchev–Trinajstić information content (AvgIpc) is 2.83. The molecule has 0 spiro atoms. The van der Waals surface area contributed by atoms with E-state index >= 15 is 0 Å². The van der Waals surface area contributed by atoms with Crippen LogP contribution in [0.25, 0.3) is 0 Å².